The minimum atomic E-state index is -0.698. The number of alkyl halides is 1. The van der Waals surface area contributed by atoms with Crippen LogP contribution in [0.5, 0.6) is 0 Å². The van der Waals surface area contributed by atoms with Gasteiger partial charge in [-0.25, -0.2) is 4.79 Å². The number of hydrogen-bond donors (Lipinski definition) is 4. The van der Waals surface area contributed by atoms with E-state index in [2.05, 4.69) is 38.5 Å². The summed E-state index contributed by atoms with van der Waals surface area (Å²) in [6, 6.07) is -1.69. The topological polar surface area (TPSA) is 147 Å². The fourth-order valence-corrected chi connectivity index (χ4v) is 3.89. The van der Waals surface area contributed by atoms with Gasteiger partial charge in [0.1, 0.15) is 5.78 Å². The SMILES string of the molecule is [2H]C[C@H](C)NC(=O)C(CCCNC(N)=O)CC(=O)[C@@H](NC(=O)CCCCCCC(=O)CI)C(C)C. The number of unbranched alkanes of at least 4 members (excludes halogenated alkanes) is 3. The molecule has 0 bridgehead atoms. The predicted molar refractivity (Wildman–Crippen MR) is 142 cm³/mol. The highest BCUT2D eigenvalue weighted by Crippen LogP contribution is 2.17. The number of carbonyl (C=O) groups excluding carboxylic acids is 5. The predicted octanol–water partition coefficient (Wildman–Crippen LogP) is 3.02. The molecule has 0 rings (SSSR count). The van der Waals surface area contributed by atoms with Crippen LogP contribution < -0.4 is 21.7 Å². The first-order valence-corrected chi connectivity index (χ1v) is 13.6. The molecule has 4 amide bonds. The highest BCUT2D eigenvalue weighted by atomic mass is 127. The first kappa shape index (κ1) is 30.3. The maximum atomic E-state index is 13.1. The van der Waals surface area contributed by atoms with Gasteiger partial charge in [-0.2, -0.15) is 0 Å². The Labute approximate surface area is 219 Å². The lowest BCUT2D eigenvalue weighted by Gasteiger charge is -2.24. The van der Waals surface area contributed by atoms with Crippen molar-refractivity contribution in [3.05, 3.63) is 0 Å². The molecule has 196 valence electrons. The summed E-state index contributed by atoms with van der Waals surface area (Å²) in [6.07, 6.45) is 4.92. The molecule has 34 heavy (non-hydrogen) atoms. The second-order valence-corrected chi connectivity index (χ2v) is 9.85. The van der Waals surface area contributed by atoms with Crippen LogP contribution in [0, 0.1) is 11.8 Å². The lowest BCUT2D eigenvalue weighted by atomic mass is 9.89. The number of urea groups is 1. The van der Waals surface area contributed by atoms with E-state index in [1.165, 1.54) is 0 Å². The van der Waals surface area contributed by atoms with Crippen LogP contribution in [0.4, 0.5) is 4.79 Å². The minimum Gasteiger partial charge on any atom is -0.354 e. The van der Waals surface area contributed by atoms with Crippen LogP contribution in [-0.4, -0.2) is 52.5 Å². The zero-order chi connectivity index (χ0) is 26.8. The van der Waals surface area contributed by atoms with Crippen molar-refractivity contribution in [1.29, 1.82) is 0 Å². The average Bonchev–Trinajstić information content (AvgIpc) is 2.80. The Balaban J connectivity index is 4.85. The van der Waals surface area contributed by atoms with Crippen LogP contribution in [0.25, 0.3) is 0 Å². The molecule has 0 spiro atoms. The van der Waals surface area contributed by atoms with E-state index in [-0.39, 0.29) is 55.2 Å². The van der Waals surface area contributed by atoms with Crippen LogP contribution in [0.15, 0.2) is 0 Å². The Kier molecular flexibility index (Phi) is 16.6. The van der Waals surface area contributed by atoms with E-state index in [0.717, 1.165) is 19.3 Å². The molecule has 0 aromatic carbocycles. The van der Waals surface area contributed by atoms with E-state index in [9.17, 15) is 24.0 Å². The van der Waals surface area contributed by atoms with Gasteiger partial charge in [-0.3, -0.25) is 19.2 Å². The fraction of sp³-hybridized carbons (Fsp3) is 0.792. The molecule has 0 aromatic heterocycles. The summed E-state index contributed by atoms with van der Waals surface area (Å²) < 4.78 is 7.94. The number of Topliss-reactive ketones (excluding diaryl/α,β-unsaturated/α-hetero) is 2. The molecule has 3 atom stereocenters. The number of nitrogens with one attached hydrogen (secondary N) is 3. The van der Waals surface area contributed by atoms with E-state index in [1.54, 1.807) is 6.92 Å². The van der Waals surface area contributed by atoms with Gasteiger partial charge in [0.25, 0.3) is 0 Å². The Bertz CT molecular complexity index is 693. The summed E-state index contributed by atoms with van der Waals surface area (Å²) in [5.41, 5.74) is 5.07. The molecule has 0 saturated heterocycles. The van der Waals surface area contributed by atoms with Gasteiger partial charge < -0.3 is 21.7 Å². The molecule has 1 unspecified atom stereocenters. The third-order valence-corrected chi connectivity index (χ3v) is 6.17. The zero-order valence-electron chi connectivity index (χ0n) is 21.8. The molecule has 0 aliphatic rings. The molecule has 10 heteroatoms. The van der Waals surface area contributed by atoms with Crippen molar-refractivity contribution < 1.29 is 25.3 Å². The first-order chi connectivity index (χ1) is 16.5. The Hall–Kier alpha value is -1.72. The third-order valence-electron chi connectivity index (χ3n) is 5.32. The van der Waals surface area contributed by atoms with Crippen LogP contribution in [-0.2, 0) is 19.2 Å². The van der Waals surface area contributed by atoms with Crippen LogP contribution in [0.3, 0.4) is 0 Å². The zero-order valence-corrected chi connectivity index (χ0v) is 22.9. The lowest BCUT2D eigenvalue weighted by molar-refractivity contribution is -0.133. The summed E-state index contributed by atoms with van der Waals surface area (Å²) in [5.74, 6) is -1.26. The van der Waals surface area contributed by atoms with Crippen molar-refractivity contribution in [2.24, 2.45) is 17.6 Å². The Morgan fingerprint density at radius 3 is 2.15 bits per heavy atom. The highest BCUT2D eigenvalue weighted by molar-refractivity contribution is 14.1. The summed E-state index contributed by atoms with van der Waals surface area (Å²) in [6.45, 7) is 5.73. The lowest BCUT2D eigenvalue weighted by Crippen LogP contribution is -2.46. The Morgan fingerprint density at radius 1 is 0.941 bits per heavy atom. The summed E-state index contributed by atoms with van der Waals surface area (Å²) in [4.78, 5) is 60.5. The van der Waals surface area contributed by atoms with Crippen LogP contribution in [0.1, 0.15) is 86.8 Å². The quantitative estimate of drug-likeness (QED) is 0.103. The van der Waals surface area contributed by atoms with Gasteiger partial charge in [-0.1, -0.05) is 49.3 Å². The summed E-state index contributed by atoms with van der Waals surface area (Å²) in [7, 11) is 0. The number of halogens is 1. The second-order valence-electron chi connectivity index (χ2n) is 9.09. The number of ketones is 2. The number of hydrogen-bond acceptors (Lipinski definition) is 5. The molecule has 0 heterocycles. The smallest absolute Gasteiger partial charge is 0.312 e. The monoisotopic (exact) mass is 595 g/mol. The first-order valence-electron chi connectivity index (χ1n) is 12.7. The number of primary amides is 1. The molecular formula is C24H43IN4O5. The third kappa shape index (κ3) is 16.0. The van der Waals surface area contributed by atoms with Crippen LogP contribution >= 0.6 is 22.6 Å². The highest BCUT2D eigenvalue weighted by Gasteiger charge is 2.29. The van der Waals surface area contributed by atoms with Crippen molar-refractivity contribution in [3.8, 4) is 0 Å². The molecule has 0 aliphatic carbocycles. The molecular weight excluding hydrogens is 551 g/mol. The molecule has 9 nitrogen and oxygen atoms in total. The second kappa shape index (κ2) is 18.6. The number of nitrogens with two attached hydrogens (primary N) is 1. The van der Waals surface area contributed by atoms with Crippen molar-refractivity contribution >= 4 is 52.0 Å². The fourth-order valence-electron chi connectivity index (χ4n) is 3.51. The minimum absolute atomic E-state index is 0.0227. The van der Waals surface area contributed by atoms with Gasteiger partial charge in [-0.05, 0) is 45.4 Å². The van der Waals surface area contributed by atoms with Gasteiger partial charge in [0.05, 0.1) is 10.5 Å². The van der Waals surface area contributed by atoms with Gasteiger partial charge >= 0.3 is 6.03 Å². The van der Waals surface area contributed by atoms with Crippen molar-refractivity contribution in [1.82, 2.24) is 16.0 Å². The van der Waals surface area contributed by atoms with Crippen LogP contribution in [0.2, 0.25) is 0 Å². The standard InChI is InChI=1S/C24H43IN4O5/c1-16(2)22(29-21(32)12-8-6-5-7-11-19(30)15-25)20(31)14-18(23(33)28-17(3)4)10-9-13-27-24(26)34/h16-18,22H,5-15H2,1-4H3,(H,28,33)(H,29,32)(H3,26,27,34)/t18?,22-/m0/s1/i3D/t17-,18?,22+/m1. The van der Waals surface area contributed by atoms with E-state index >= 15 is 0 Å². The maximum absolute atomic E-state index is 13.1. The van der Waals surface area contributed by atoms with Gasteiger partial charge in [-0.15, -0.1) is 0 Å². The normalized spacial score (nSPS) is 14.0. The van der Waals surface area contributed by atoms with E-state index < -0.39 is 18.0 Å². The molecule has 5 N–H and O–H groups in total. The van der Waals surface area contributed by atoms with Gasteiger partial charge in [0.15, 0.2) is 5.78 Å². The van der Waals surface area contributed by atoms with Gasteiger partial charge in [0, 0.05) is 39.1 Å². The van der Waals surface area contributed by atoms with Crippen molar-refractivity contribution in [3.63, 3.8) is 0 Å². The number of rotatable bonds is 19. The molecule has 0 radical (unpaired) electrons. The van der Waals surface area contributed by atoms with Gasteiger partial charge in [0.2, 0.25) is 11.8 Å². The van der Waals surface area contributed by atoms with E-state index in [0.29, 0.717) is 36.5 Å². The summed E-state index contributed by atoms with van der Waals surface area (Å²) in [5, 5.41) is 8.05. The van der Waals surface area contributed by atoms with E-state index in [4.69, 9.17) is 7.10 Å². The Morgan fingerprint density at radius 2 is 1.59 bits per heavy atom. The average molecular weight is 596 g/mol. The number of carbonyl (C=O) groups is 5. The van der Waals surface area contributed by atoms with Crippen molar-refractivity contribution in [2.75, 3.05) is 11.0 Å². The largest absolute Gasteiger partial charge is 0.354 e. The number of amides is 4. The summed E-state index contributed by atoms with van der Waals surface area (Å²) >= 11 is 2.06. The maximum Gasteiger partial charge on any atom is 0.312 e. The molecule has 0 aliphatic heterocycles. The molecule has 0 saturated carbocycles. The molecule has 0 fully saturated rings. The van der Waals surface area contributed by atoms with E-state index in [1.807, 2.05) is 13.8 Å². The van der Waals surface area contributed by atoms with Crippen molar-refractivity contribution in [2.45, 2.75) is 97.5 Å². The molecule has 0 aromatic rings.